The number of carbonyl (C=O) groups is 1. The van der Waals surface area contributed by atoms with Gasteiger partial charge in [-0.15, -0.1) is 0 Å². The van der Waals surface area contributed by atoms with Gasteiger partial charge in [-0.25, -0.2) is 0 Å². The summed E-state index contributed by atoms with van der Waals surface area (Å²) in [5.41, 5.74) is 2.28. The summed E-state index contributed by atoms with van der Waals surface area (Å²) in [6.07, 6.45) is 0. The number of nitrogens with zero attached hydrogens (tertiary/aromatic N) is 3. The van der Waals surface area contributed by atoms with E-state index in [0.29, 0.717) is 0 Å². The van der Waals surface area contributed by atoms with Crippen LogP contribution in [0.3, 0.4) is 0 Å². The van der Waals surface area contributed by atoms with Crippen LogP contribution >= 0.6 is 0 Å². The molecule has 1 amide bonds. The lowest BCUT2D eigenvalue weighted by Crippen LogP contribution is -2.51. The van der Waals surface area contributed by atoms with Gasteiger partial charge in [0.2, 0.25) is 5.91 Å². The predicted octanol–water partition coefficient (Wildman–Crippen LogP) is 3.43. The van der Waals surface area contributed by atoms with Crippen LogP contribution < -0.4 is 9.47 Å². The average molecular weight is 426 g/mol. The number of hydrogen-bond acceptors (Lipinski definition) is 5. The number of benzene rings is 2. The van der Waals surface area contributed by atoms with Gasteiger partial charge in [0.1, 0.15) is 6.04 Å². The highest BCUT2D eigenvalue weighted by Gasteiger charge is 2.32. The molecular formula is C25H35N3O3. The number of rotatable bonds is 9. The van der Waals surface area contributed by atoms with E-state index in [1.165, 1.54) is 5.56 Å². The van der Waals surface area contributed by atoms with Crippen LogP contribution in [0.2, 0.25) is 0 Å². The second kappa shape index (κ2) is 11.2. The summed E-state index contributed by atoms with van der Waals surface area (Å²) in [4.78, 5) is 20.1. The Morgan fingerprint density at radius 2 is 1.58 bits per heavy atom. The summed E-state index contributed by atoms with van der Waals surface area (Å²) in [5, 5.41) is 0. The standard InChI is InChI=1S/C25H35N3O3/c1-5-27(6-2)25(29)24(21-10-8-7-9-11-21)28-16-14-26(15-17-28)19-20-12-13-22(30-3)23(18-20)31-4/h7-13,18,24H,5-6,14-17,19H2,1-4H3/t24-/m1/s1. The third-order valence-corrected chi connectivity index (χ3v) is 6.05. The molecule has 1 atom stereocenters. The molecule has 31 heavy (non-hydrogen) atoms. The van der Waals surface area contributed by atoms with E-state index in [1.807, 2.05) is 49.1 Å². The van der Waals surface area contributed by atoms with Gasteiger partial charge in [-0.05, 0) is 37.1 Å². The molecule has 2 aromatic carbocycles. The van der Waals surface area contributed by atoms with Crippen LogP contribution in [0, 0.1) is 0 Å². The quantitative estimate of drug-likeness (QED) is 0.616. The van der Waals surface area contributed by atoms with Crippen molar-refractivity contribution in [2.24, 2.45) is 0 Å². The largest absolute Gasteiger partial charge is 0.493 e. The molecule has 1 fully saturated rings. The van der Waals surface area contributed by atoms with Gasteiger partial charge in [0.25, 0.3) is 0 Å². The first kappa shape index (κ1) is 23.1. The van der Waals surface area contributed by atoms with E-state index in [9.17, 15) is 4.79 Å². The molecule has 0 bridgehead atoms. The highest BCUT2D eigenvalue weighted by Crippen LogP contribution is 2.29. The molecule has 0 unspecified atom stereocenters. The zero-order valence-electron chi connectivity index (χ0n) is 19.2. The van der Waals surface area contributed by atoms with Crippen molar-refractivity contribution in [3.8, 4) is 11.5 Å². The van der Waals surface area contributed by atoms with E-state index >= 15 is 0 Å². The third kappa shape index (κ3) is 5.57. The molecule has 3 rings (SSSR count). The lowest BCUT2D eigenvalue weighted by Gasteiger charge is -2.40. The van der Waals surface area contributed by atoms with Gasteiger partial charge in [-0.1, -0.05) is 36.4 Å². The van der Waals surface area contributed by atoms with Crippen LogP contribution in [0.25, 0.3) is 0 Å². The first-order valence-corrected chi connectivity index (χ1v) is 11.1. The number of methoxy groups -OCH3 is 2. The monoisotopic (exact) mass is 425 g/mol. The molecule has 1 heterocycles. The SMILES string of the molecule is CCN(CC)C(=O)[C@@H](c1ccccc1)N1CCN(Cc2ccc(OC)c(OC)c2)CC1. The molecule has 6 heteroatoms. The van der Waals surface area contributed by atoms with Crippen molar-refractivity contribution in [3.05, 3.63) is 59.7 Å². The lowest BCUT2D eigenvalue weighted by molar-refractivity contribution is -0.137. The molecular weight excluding hydrogens is 390 g/mol. The van der Waals surface area contributed by atoms with Gasteiger partial charge in [-0.3, -0.25) is 14.6 Å². The Kier molecular flexibility index (Phi) is 8.32. The molecule has 168 valence electrons. The summed E-state index contributed by atoms with van der Waals surface area (Å²) >= 11 is 0. The van der Waals surface area contributed by atoms with Crippen molar-refractivity contribution in [3.63, 3.8) is 0 Å². The molecule has 0 radical (unpaired) electrons. The van der Waals surface area contributed by atoms with Crippen molar-refractivity contribution in [2.45, 2.75) is 26.4 Å². The summed E-state index contributed by atoms with van der Waals surface area (Å²) in [7, 11) is 3.32. The van der Waals surface area contributed by atoms with Crippen molar-refractivity contribution < 1.29 is 14.3 Å². The van der Waals surface area contributed by atoms with Crippen molar-refractivity contribution in [1.29, 1.82) is 0 Å². The zero-order valence-corrected chi connectivity index (χ0v) is 19.2. The Morgan fingerprint density at radius 3 is 2.16 bits per heavy atom. The van der Waals surface area contributed by atoms with E-state index in [0.717, 1.165) is 62.9 Å². The van der Waals surface area contributed by atoms with Crippen molar-refractivity contribution in [2.75, 3.05) is 53.5 Å². The topological polar surface area (TPSA) is 45.3 Å². The third-order valence-electron chi connectivity index (χ3n) is 6.05. The second-order valence-corrected chi connectivity index (χ2v) is 7.83. The maximum absolute atomic E-state index is 13.4. The normalized spacial score (nSPS) is 16.0. The molecule has 1 saturated heterocycles. The number of hydrogen-bond donors (Lipinski definition) is 0. The Labute approximate surface area is 186 Å². The number of piperazine rings is 1. The number of likely N-dealkylation sites (N-methyl/N-ethyl adjacent to an activating group) is 1. The van der Waals surface area contributed by atoms with Crippen LogP contribution in [0.1, 0.15) is 31.0 Å². The molecule has 0 aromatic heterocycles. The fourth-order valence-corrected chi connectivity index (χ4v) is 4.27. The van der Waals surface area contributed by atoms with E-state index in [2.05, 4.69) is 28.0 Å². The minimum Gasteiger partial charge on any atom is -0.493 e. The van der Waals surface area contributed by atoms with Crippen LogP contribution in [0.4, 0.5) is 0 Å². The fourth-order valence-electron chi connectivity index (χ4n) is 4.27. The Balaban J connectivity index is 1.69. The second-order valence-electron chi connectivity index (χ2n) is 7.83. The van der Waals surface area contributed by atoms with Gasteiger partial charge in [0.15, 0.2) is 11.5 Å². The minimum absolute atomic E-state index is 0.199. The molecule has 6 nitrogen and oxygen atoms in total. The van der Waals surface area contributed by atoms with Crippen LogP contribution in [-0.4, -0.2) is 74.1 Å². The van der Waals surface area contributed by atoms with E-state index in [-0.39, 0.29) is 11.9 Å². The Hall–Kier alpha value is -2.57. The zero-order chi connectivity index (χ0) is 22.2. The molecule has 2 aromatic rings. The molecule has 0 N–H and O–H groups in total. The summed E-state index contributed by atoms with van der Waals surface area (Å²) in [6, 6.07) is 16.1. The molecule has 0 aliphatic carbocycles. The van der Waals surface area contributed by atoms with Gasteiger partial charge in [0, 0.05) is 45.8 Å². The predicted molar refractivity (Wildman–Crippen MR) is 124 cm³/mol. The summed E-state index contributed by atoms with van der Waals surface area (Å²) in [5.74, 6) is 1.70. The summed E-state index contributed by atoms with van der Waals surface area (Å²) in [6.45, 7) is 9.98. The first-order valence-electron chi connectivity index (χ1n) is 11.1. The smallest absolute Gasteiger partial charge is 0.244 e. The van der Waals surface area contributed by atoms with Gasteiger partial charge in [-0.2, -0.15) is 0 Å². The van der Waals surface area contributed by atoms with Crippen LogP contribution in [0.15, 0.2) is 48.5 Å². The highest BCUT2D eigenvalue weighted by molar-refractivity contribution is 5.83. The number of ether oxygens (including phenoxy) is 2. The van der Waals surface area contributed by atoms with E-state index in [1.54, 1.807) is 14.2 Å². The van der Waals surface area contributed by atoms with E-state index < -0.39 is 0 Å². The maximum Gasteiger partial charge on any atom is 0.244 e. The Morgan fingerprint density at radius 1 is 0.935 bits per heavy atom. The van der Waals surface area contributed by atoms with Crippen molar-refractivity contribution >= 4 is 5.91 Å². The van der Waals surface area contributed by atoms with Crippen LogP contribution in [-0.2, 0) is 11.3 Å². The fraction of sp³-hybridized carbons (Fsp3) is 0.480. The lowest BCUT2D eigenvalue weighted by atomic mass is 10.0. The molecule has 0 spiro atoms. The number of amides is 1. The average Bonchev–Trinajstić information content (AvgIpc) is 2.82. The Bertz CT molecular complexity index is 831. The molecule has 1 aliphatic heterocycles. The first-order chi connectivity index (χ1) is 15.1. The van der Waals surface area contributed by atoms with Crippen molar-refractivity contribution in [1.82, 2.24) is 14.7 Å². The van der Waals surface area contributed by atoms with Gasteiger partial charge >= 0.3 is 0 Å². The summed E-state index contributed by atoms with van der Waals surface area (Å²) < 4.78 is 10.8. The highest BCUT2D eigenvalue weighted by atomic mass is 16.5. The van der Waals surface area contributed by atoms with Gasteiger partial charge < -0.3 is 14.4 Å². The maximum atomic E-state index is 13.4. The van der Waals surface area contributed by atoms with Crippen LogP contribution in [0.5, 0.6) is 11.5 Å². The molecule has 1 aliphatic rings. The number of carbonyl (C=O) groups excluding carboxylic acids is 1. The molecule has 0 saturated carbocycles. The van der Waals surface area contributed by atoms with E-state index in [4.69, 9.17) is 9.47 Å². The minimum atomic E-state index is -0.218. The van der Waals surface area contributed by atoms with Gasteiger partial charge in [0.05, 0.1) is 14.2 Å².